The fraction of sp³-hybridized carbons (Fsp3) is 0.579. The number of hydrogen-bond donors (Lipinski definition) is 2. The van der Waals surface area contributed by atoms with Crippen LogP contribution in [-0.4, -0.2) is 50.8 Å². The van der Waals surface area contributed by atoms with Gasteiger partial charge in [-0.1, -0.05) is 18.2 Å². The first-order valence-electron chi connectivity index (χ1n) is 9.23. The Kier molecular flexibility index (Phi) is 8.09. The van der Waals surface area contributed by atoms with Crippen molar-refractivity contribution in [3.63, 3.8) is 0 Å². The predicted octanol–water partition coefficient (Wildman–Crippen LogP) is 2.16. The fourth-order valence-electron chi connectivity index (χ4n) is 2.91. The van der Waals surface area contributed by atoms with Gasteiger partial charge in [0.1, 0.15) is 0 Å². The van der Waals surface area contributed by atoms with E-state index >= 15 is 0 Å². The average molecular weight is 346 g/mol. The molecule has 2 rings (SSSR count). The van der Waals surface area contributed by atoms with E-state index in [9.17, 15) is 4.79 Å². The number of anilines is 1. The SMILES string of the molecule is CCNC(=NCCCC(=O)OCC)NC1CCN(c2ccccc2)C1. The van der Waals surface area contributed by atoms with E-state index in [2.05, 4.69) is 51.7 Å². The smallest absolute Gasteiger partial charge is 0.305 e. The molecule has 25 heavy (non-hydrogen) atoms. The molecule has 1 heterocycles. The summed E-state index contributed by atoms with van der Waals surface area (Å²) >= 11 is 0. The Morgan fingerprint density at radius 2 is 2.12 bits per heavy atom. The zero-order valence-corrected chi connectivity index (χ0v) is 15.3. The number of benzene rings is 1. The van der Waals surface area contributed by atoms with Crippen molar-refractivity contribution in [3.05, 3.63) is 30.3 Å². The second-order valence-electron chi connectivity index (χ2n) is 6.08. The molecule has 1 saturated heterocycles. The molecule has 0 radical (unpaired) electrons. The molecule has 0 amide bonds. The molecule has 1 aliphatic heterocycles. The van der Waals surface area contributed by atoms with Crippen LogP contribution in [0.15, 0.2) is 35.3 Å². The van der Waals surface area contributed by atoms with Crippen molar-refractivity contribution in [2.45, 2.75) is 39.2 Å². The largest absolute Gasteiger partial charge is 0.466 e. The van der Waals surface area contributed by atoms with Gasteiger partial charge in [-0.3, -0.25) is 9.79 Å². The zero-order valence-electron chi connectivity index (χ0n) is 15.3. The standard InChI is InChI=1S/C19H30N4O2/c1-3-20-19(21-13-8-11-18(24)25-4-2)22-16-12-14-23(15-16)17-9-6-5-7-10-17/h5-7,9-10,16H,3-4,8,11-15H2,1-2H3,(H2,20,21,22). The van der Waals surface area contributed by atoms with Crippen molar-refractivity contribution >= 4 is 17.6 Å². The number of nitrogens with one attached hydrogen (secondary N) is 2. The average Bonchev–Trinajstić information content (AvgIpc) is 3.08. The first-order chi connectivity index (χ1) is 12.2. The number of aliphatic imine (C=N–C) groups is 1. The van der Waals surface area contributed by atoms with Crippen LogP contribution in [0.25, 0.3) is 0 Å². The molecule has 2 N–H and O–H groups in total. The van der Waals surface area contributed by atoms with Gasteiger partial charge in [0.05, 0.1) is 6.61 Å². The van der Waals surface area contributed by atoms with Crippen LogP contribution in [-0.2, 0) is 9.53 Å². The minimum atomic E-state index is -0.148. The van der Waals surface area contributed by atoms with Gasteiger partial charge in [-0.15, -0.1) is 0 Å². The monoisotopic (exact) mass is 346 g/mol. The molecule has 1 aromatic rings. The van der Waals surface area contributed by atoms with Gasteiger partial charge < -0.3 is 20.3 Å². The van der Waals surface area contributed by atoms with Gasteiger partial charge in [-0.05, 0) is 38.8 Å². The molecular formula is C19H30N4O2. The van der Waals surface area contributed by atoms with Gasteiger partial charge in [0, 0.05) is 44.3 Å². The molecule has 6 heteroatoms. The van der Waals surface area contributed by atoms with Crippen molar-refractivity contribution in [2.75, 3.05) is 37.7 Å². The zero-order chi connectivity index (χ0) is 17.9. The highest BCUT2D eigenvalue weighted by Crippen LogP contribution is 2.19. The number of carbonyl (C=O) groups is 1. The summed E-state index contributed by atoms with van der Waals surface area (Å²) in [4.78, 5) is 18.3. The molecule has 0 aliphatic carbocycles. The lowest BCUT2D eigenvalue weighted by Crippen LogP contribution is -2.44. The number of rotatable bonds is 8. The second kappa shape index (κ2) is 10.6. The van der Waals surface area contributed by atoms with E-state index in [4.69, 9.17) is 4.74 Å². The maximum Gasteiger partial charge on any atom is 0.305 e. The number of ether oxygens (including phenoxy) is 1. The molecule has 1 aliphatic rings. The Hall–Kier alpha value is -2.24. The molecule has 0 bridgehead atoms. The van der Waals surface area contributed by atoms with Crippen LogP contribution in [0.4, 0.5) is 5.69 Å². The maximum atomic E-state index is 11.4. The molecule has 1 aromatic carbocycles. The van der Waals surface area contributed by atoms with Crippen molar-refractivity contribution in [1.29, 1.82) is 0 Å². The van der Waals surface area contributed by atoms with E-state index in [1.165, 1.54) is 5.69 Å². The number of nitrogens with zero attached hydrogens (tertiary/aromatic N) is 2. The fourth-order valence-corrected chi connectivity index (χ4v) is 2.91. The van der Waals surface area contributed by atoms with Crippen molar-refractivity contribution in [2.24, 2.45) is 4.99 Å². The van der Waals surface area contributed by atoms with Crippen LogP contribution in [0.1, 0.15) is 33.1 Å². The van der Waals surface area contributed by atoms with Crippen molar-refractivity contribution in [3.8, 4) is 0 Å². The third-order valence-corrected chi connectivity index (χ3v) is 4.11. The summed E-state index contributed by atoms with van der Waals surface area (Å²) in [6.45, 7) is 7.76. The van der Waals surface area contributed by atoms with Crippen LogP contribution in [0.5, 0.6) is 0 Å². The Bertz CT molecular complexity index is 548. The molecule has 138 valence electrons. The van der Waals surface area contributed by atoms with Crippen LogP contribution in [0, 0.1) is 0 Å². The van der Waals surface area contributed by atoms with Gasteiger partial charge in [0.15, 0.2) is 5.96 Å². The minimum Gasteiger partial charge on any atom is -0.466 e. The van der Waals surface area contributed by atoms with Gasteiger partial charge in [-0.2, -0.15) is 0 Å². The maximum absolute atomic E-state index is 11.4. The summed E-state index contributed by atoms with van der Waals surface area (Å²) in [6, 6.07) is 10.9. The van der Waals surface area contributed by atoms with E-state index in [-0.39, 0.29) is 5.97 Å². The highest BCUT2D eigenvalue weighted by Gasteiger charge is 2.23. The normalized spacial score (nSPS) is 17.4. The highest BCUT2D eigenvalue weighted by molar-refractivity contribution is 5.80. The van der Waals surface area contributed by atoms with Crippen LogP contribution in [0.3, 0.4) is 0 Å². The third kappa shape index (κ3) is 6.64. The topological polar surface area (TPSA) is 66.0 Å². The number of esters is 1. The lowest BCUT2D eigenvalue weighted by molar-refractivity contribution is -0.143. The highest BCUT2D eigenvalue weighted by atomic mass is 16.5. The summed E-state index contributed by atoms with van der Waals surface area (Å²) in [5, 5.41) is 6.79. The Balaban J connectivity index is 1.78. The first-order valence-corrected chi connectivity index (χ1v) is 9.23. The minimum absolute atomic E-state index is 0.148. The van der Waals surface area contributed by atoms with Gasteiger partial charge >= 0.3 is 5.97 Å². The van der Waals surface area contributed by atoms with E-state index in [1.54, 1.807) is 0 Å². The number of hydrogen-bond acceptors (Lipinski definition) is 4. The number of carbonyl (C=O) groups excluding carboxylic acids is 1. The molecule has 1 atom stereocenters. The predicted molar refractivity (Wildman–Crippen MR) is 102 cm³/mol. The lowest BCUT2D eigenvalue weighted by Gasteiger charge is -2.20. The van der Waals surface area contributed by atoms with Gasteiger partial charge in [0.2, 0.25) is 0 Å². The Labute approximate surface area is 150 Å². The summed E-state index contributed by atoms with van der Waals surface area (Å²) in [7, 11) is 0. The van der Waals surface area contributed by atoms with E-state index in [0.29, 0.717) is 32.0 Å². The Morgan fingerprint density at radius 1 is 1.32 bits per heavy atom. The number of para-hydroxylation sites is 1. The summed E-state index contributed by atoms with van der Waals surface area (Å²) < 4.78 is 4.93. The first kappa shape index (κ1) is 19.1. The van der Waals surface area contributed by atoms with Crippen molar-refractivity contribution < 1.29 is 9.53 Å². The quantitative estimate of drug-likeness (QED) is 0.327. The molecule has 0 spiro atoms. The summed E-state index contributed by atoms with van der Waals surface area (Å²) in [5.41, 5.74) is 1.27. The third-order valence-electron chi connectivity index (χ3n) is 4.11. The number of guanidine groups is 1. The summed E-state index contributed by atoms with van der Waals surface area (Å²) in [5.74, 6) is 0.677. The molecule has 1 fully saturated rings. The molecular weight excluding hydrogens is 316 g/mol. The van der Waals surface area contributed by atoms with Crippen LogP contribution < -0.4 is 15.5 Å². The Morgan fingerprint density at radius 3 is 2.84 bits per heavy atom. The van der Waals surface area contributed by atoms with E-state index < -0.39 is 0 Å². The van der Waals surface area contributed by atoms with Crippen LogP contribution in [0.2, 0.25) is 0 Å². The molecule has 0 saturated carbocycles. The second-order valence-corrected chi connectivity index (χ2v) is 6.08. The van der Waals surface area contributed by atoms with E-state index in [1.807, 2.05) is 13.0 Å². The van der Waals surface area contributed by atoms with Gasteiger partial charge in [-0.25, -0.2) is 0 Å². The van der Waals surface area contributed by atoms with Gasteiger partial charge in [0.25, 0.3) is 0 Å². The van der Waals surface area contributed by atoms with Crippen molar-refractivity contribution in [1.82, 2.24) is 10.6 Å². The van der Waals surface area contributed by atoms with E-state index in [0.717, 1.165) is 32.0 Å². The molecule has 6 nitrogen and oxygen atoms in total. The molecule has 0 aromatic heterocycles. The molecule has 1 unspecified atom stereocenters. The summed E-state index contributed by atoms with van der Waals surface area (Å²) in [6.07, 6.45) is 2.21. The lowest BCUT2D eigenvalue weighted by atomic mass is 10.2. The van der Waals surface area contributed by atoms with Crippen LogP contribution >= 0.6 is 0 Å².